The second-order valence-electron chi connectivity index (χ2n) is 2.89. The molecule has 2 rings (SSSR count). The maximum Gasteiger partial charge on any atom is 0.136 e. The van der Waals surface area contributed by atoms with Gasteiger partial charge in [-0.3, -0.25) is 9.97 Å². The summed E-state index contributed by atoms with van der Waals surface area (Å²) in [5, 5.41) is 1.85. The number of hydrogen-bond donors (Lipinski definition) is 0. The molecule has 0 atom stereocenters. The Morgan fingerprint density at radius 2 is 2.33 bits per heavy atom. The van der Waals surface area contributed by atoms with Crippen molar-refractivity contribution in [3.63, 3.8) is 0 Å². The average Bonchev–Trinajstić information content (AvgIpc) is 2.78. The number of rotatable bonds is 2. The van der Waals surface area contributed by atoms with Gasteiger partial charge in [-0.2, -0.15) is 0 Å². The summed E-state index contributed by atoms with van der Waals surface area (Å²) in [6.07, 6.45) is 6.28. The molecular weight excluding hydrogens is 211 g/mol. The summed E-state index contributed by atoms with van der Waals surface area (Å²) in [6, 6.07) is 1.85. The predicted octanol–water partition coefficient (Wildman–Crippen LogP) is 3.54. The Labute approximate surface area is 91.1 Å². The molecule has 2 aromatic heterocycles. The van der Waals surface area contributed by atoms with E-state index in [1.807, 2.05) is 11.4 Å². The summed E-state index contributed by atoms with van der Waals surface area (Å²) in [5.74, 6) is -0.217. The number of nitrogens with zero attached hydrogens (tertiary/aromatic N) is 2. The van der Waals surface area contributed by atoms with Crippen LogP contribution in [0.5, 0.6) is 0 Å². The van der Waals surface area contributed by atoms with Crippen LogP contribution in [0.3, 0.4) is 0 Å². The van der Waals surface area contributed by atoms with Gasteiger partial charge in [-0.05, 0) is 18.4 Å². The molecule has 0 amide bonds. The second kappa shape index (κ2) is 4.31. The van der Waals surface area contributed by atoms with Crippen LogP contribution >= 0.6 is 11.3 Å². The molecule has 2 aromatic rings. The minimum atomic E-state index is -0.217. The van der Waals surface area contributed by atoms with Gasteiger partial charge in [0.2, 0.25) is 0 Å². The van der Waals surface area contributed by atoms with Crippen molar-refractivity contribution in [3.8, 4) is 11.3 Å². The molecule has 0 aromatic carbocycles. The lowest BCUT2D eigenvalue weighted by molar-refractivity contribution is 0.762. The molecule has 0 aliphatic carbocycles. The maximum absolute atomic E-state index is 13.5. The third-order valence-corrected chi connectivity index (χ3v) is 2.90. The van der Waals surface area contributed by atoms with E-state index >= 15 is 0 Å². The molecule has 0 bridgehead atoms. The Balaban J connectivity index is 2.51. The molecule has 0 N–H and O–H groups in total. The largest absolute Gasteiger partial charge is 0.261 e. The monoisotopic (exact) mass is 220 g/mol. The van der Waals surface area contributed by atoms with Gasteiger partial charge in [0, 0.05) is 18.0 Å². The van der Waals surface area contributed by atoms with Gasteiger partial charge in [0.1, 0.15) is 5.83 Å². The van der Waals surface area contributed by atoms with Crippen LogP contribution in [0.15, 0.2) is 36.1 Å². The molecule has 4 heteroatoms. The molecule has 0 saturated heterocycles. The zero-order chi connectivity index (χ0) is 10.7. The molecule has 0 aliphatic heterocycles. The normalized spacial score (nSPS) is 11.7. The van der Waals surface area contributed by atoms with E-state index in [4.69, 9.17) is 0 Å². The number of halogens is 1. The highest BCUT2D eigenvalue weighted by Crippen LogP contribution is 2.32. The Morgan fingerprint density at radius 3 is 3.00 bits per heavy atom. The van der Waals surface area contributed by atoms with Gasteiger partial charge in [0.15, 0.2) is 0 Å². The molecule has 0 unspecified atom stereocenters. The quantitative estimate of drug-likeness (QED) is 0.773. The van der Waals surface area contributed by atoms with Crippen molar-refractivity contribution in [1.29, 1.82) is 0 Å². The van der Waals surface area contributed by atoms with Crippen LogP contribution < -0.4 is 0 Å². The van der Waals surface area contributed by atoms with Crippen molar-refractivity contribution in [3.05, 3.63) is 41.0 Å². The second-order valence-corrected chi connectivity index (χ2v) is 3.81. The molecule has 2 heterocycles. The SMILES string of the molecule is C/C=C(\F)c1sccc1-c1cnccn1. The first-order valence-corrected chi connectivity index (χ1v) is 5.37. The lowest BCUT2D eigenvalue weighted by Gasteiger charge is -1.99. The molecule has 15 heavy (non-hydrogen) atoms. The first kappa shape index (κ1) is 9.98. The summed E-state index contributed by atoms with van der Waals surface area (Å²) in [5.41, 5.74) is 1.49. The fourth-order valence-corrected chi connectivity index (χ4v) is 2.14. The minimum Gasteiger partial charge on any atom is -0.261 e. The van der Waals surface area contributed by atoms with Crippen LogP contribution in [0.25, 0.3) is 17.1 Å². The minimum absolute atomic E-state index is 0.217. The Bertz CT molecular complexity index is 476. The summed E-state index contributed by atoms with van der Waals surface area (Å²) in [7, 11) is 0. The van der Waals surface area contributed by atoms with Crippen LogP contribution in [-0.2, 0) is 0 Å². The molecule has 0 saturated carbocycles. The summed E-state index contributed by atoms with van der Waals surface area (Å²) >= 11 is 1.37. The highest BCUT2D eigenvalue weighted by molar-refractivity contribution is 7.11. The Hall–Kier alpha value is -1.55. The topological polar surface area (TPSA) is 25.8 Å². The predicted molar refractivity (Wildman–Crippen MR) is 60.1 cm³/mol. The van der Waals surface area contributed by atoms with E-state index in [2.05, 4.69) is 9.97 Å². The number of allylic oxidation sites excluding steroid dienone is 1. The van der Waals surface area contributed by atoms with Crippen molar-refractivity contribution in [2.45, 2.75) is 6.92 Å². The van der Waals surface area contributed by atoms with Crippen molar-refractivity contribution in [1.82, 2.24) is 9.97 Å². The standard InChI is InChI=1S/C11H9FN2S/c1-2-9(12)11-8(3-6-15-11)10-7-13-4-5-14-10/h2-7H,1H3/b9-2-. The highest BCUT2D eigenvalue weighted by atomic mass is 32.1. The third kappa shape index (κ3) is 1.94. The summed E-state index contributed by atoms with van der Waals surface area (Å²) < 4.78 is 13.5. The van der Waals surface area contributed by atoms with Crippen molar-refractivity contribution in [2.75, 3.05) is 0 Å². The molecule has 2 nitrogen and oxygen atoms in total. The molecular formula is C11H9FN2S. The fourth-order valence-electron chi connectivity index (χ4n) is 1.27. The molecule has 0 spiro atoms. The van der Waals surface area contributed by atoms with Gasteiger partial charge in [0.05, 0.1) is 16.8 Å². The van der Waals surface area contributed by atoms with Gasteiger partial charge >= 0.3 is 0 Å². The van der Waals surface area contributed by atoms with Crippen LogP contribution in [0.4, 0.5) is 4.39 Å². The van der Waals surface area contributed by atoms with Gasteiger partial charge in [-0.1, -0.05) is 6.08 Å². The molecule has 76 valence electrons. The van der Waals surface area contributed by atoms with Gasteiger partial charge in [0.25, 0.3) is 0 Å². The summed E-state index contributed by atoms with van der Waals surface area (Å²) in [6.45, 7) is 1.68. The Morgan fingerprint density at radius 1 is 1.47 bits per heavy atom. The maximum atomic E-state index is 13.5. The molecule has 0 radical (unpaired) electrons. The number of thiophene rings is 1. The van der Waals surface area contributed by atoms with Gasteiger partial charge < -0.3 is 0 Å². The van der Waals surface area contributed by atoms with E-state index in [9.17, 15) is 4.39 Å². The van der Waals surface area contributed by atoms with E-state index in [0.29, 0.717) is 10.6 Å². The zero-order valence-corrected chi connectivity index (χ0v) is 8.96. The fraction of sp³-hybridized carbons (Fsp3) is 0.0909. The Kier molecular flexibility index (Phi) is 2.87. The van der Waals surface area contributed by atoms with Crippen LogP contribution in [0, 0.1) is 0 Å². The van der Waals surface area contributed by atoms with Crippen molar-refractivity contribution < 1.29 is 4.39 Å². The van der Waals surface area contributed by atoms with Crippen molar-refractivity contribution >= 4 is 17.2 Å². The third-order valence-electron chi connectivity index (χ3n) is 1.97. The average molecular weight is 220 g/mol. The van der Waals surface area contributed by atoms with E-state index in [1.165, 1.54) is 17.4 Å². The van der Waals surface area contributed by atoms with Crippen LogP contribution in [0.1, 0.15) is 11.8 Å². The summed E-state index contributed by atoms with van der Waals surface area (Å²) in [4.78, 5) is 8.73. The van der Waals surface area contributed by atoms with E-state index in [1.54, 1.807) is 25.5 Å². The highest BCUT2D eigenvalue weighted by Gasteiger charge is 2.11. The van der Waals surface area contributed by atoms with Crippen molar-refractivity contribution in [2.24, 2.45) is 0 Å². The lowest BCUT2D eigenvalue weighted by atomic mass is 10.2. The van der Waals surface area contributed by atoms with Crippen LogP contribution in [-0.4, -0.2) is 9.97 Å². The van der Waals surface area contributed by atoms with Gasteiger partial charge in [-0.25, -0.2) is 4.39 Å². The number of aromatic nitrogens is 2. The molecule has 0 fully saturated rings. The van der Waals surface area contributed by atoms with E-state index in [-0.39, 0.29) is 5.83 Å². The van der Waals surface area contributed by atoms with E-state index < -0.39 is 0 Å². The zero-order valence-electron chi connectivity index (χ0n) is 8.14. The van der Waals surface area contributed by atoms with E-state index in [0.717, 1.165) is 5.56 Å². The first-order valence-electron chi connectivity index (χ1n) is 4.49. The molecule has 0 aliphatic rings. The van der Waals surface area contributed by atoms with Crippen LogP contribution in [0.2, 0.25) is 0 Å². The lowest BCUT2D eigenvalue weighted by Crippen LogP contribution is -1.84. The first-order chi connectivity index (χ1) is 7.33. The number of hydrogen-bond acceptors (Lipinski definition) is 3. The van der Waals surface area contributed by atoms with Gasteiger partial charge in [-0.15, -0.1) is 11.3 Å². The smallest absolute Gasteiger partial charge is 0.136 e.